The quantitative estimate of drug-likeness (QED) is 0.759. The summed E-state index contributed by atoms with van der Waals surface area (Å²) in [4.78, 5) is 19.1. The summed E-state index contributed by atoms with van der Waals surface area (Å²) in [6, 6.07) is 7.74. The van der Waals surface area contributed by atoms with Crippen LogP contribution < -0.4 is 10.2 Å². The van der Waals surface area contributed by atoms with Crippen LogP contribution in [0.2, 0.25) is 0 Å². The Kier molecular flexibility index (Phi) is 4.72. The number of amides is 1. The third kappa shape index (κ3) is 3.36. The van der Waals surface area contributed by atoms with Crippen LogP contribution in [0, 0.1) is 22.7 Å². The van der Waals surface area contributed by atoms with E-state index in [2.05, 4.69) is 21.5 Å². The number of nitrogens with one attached hydrogen (secondary N) is 1. The van der Waals surface area contributed by atoms with Crippen molar-refractivity contribution in [1.29, 1.82) is 5.26 Å². The zero-order valence-corrected chi connectivity index (χ0v) is 17.5. The molecule has 2 saturated heterocycles. The maximum absolute atomic E-state index is 13.1. The number of anilines is 3. The molecule has 9 heteroatoms. The number of nitrogens with zero attached hydrogens (tertiary/aromatic N) is 5. The van der Waals surface area contributed by atoms with Crippen LogP contribution in [-0.2, 0) is 22.2 Å². The van der Waals surface area contributed by atoms with E-state index in [-0.39, 0.29) is 11.8 Å². The minimum absolute atomic E-state index is 0.100. The van der Waals surface area contributed by atoms with Gasteiger partial charge in [-0.05, 0) is 31.2 Å². The van der Waals surface area contributed by atoms with Gasteiger partial charge in [0.1, 0.15) is 16.8 Å². The average Bonchev–Trinajstić information content (AvgIpc) is 3.47. The molecule has 0 aromatic carbocycles. The fraction of sp³-hybridized carbons (Fsp3) is 0.545. The molecule has 2 N–H and O–H groups in total. The SMILES string of the molecule is Cn1nc(Nc2cc(N3CC[C@@](C#N)(C4CC4)C3=O)ccn2)cc1C1(O)CCOCC1. The highest BCUT2D eigenvalue weighted by Crippen LogP contribution is 2.52. The van der Waals surface area contributed by atoms with Crippen molar-refractivity contribution in [3.8, 4) is 6.07 Å². The molecule has 0 bridgehead atoms. The second kappa shape index (κ2) is 7.32. The number of aliphatic hydroxyl groups is 1. The van der Waals surface area contributed by atoms with Gasteiger partial charge in [-0.1, -0.05) is 0 Å². The molecule has 3 aliphatic rings. The summed E-state index contributed by atoms with van der Waals surface area (Å²) in [6.07, 6.45) is 5.18. The van der Waals surface area contributed by atoms with Crippen molar-refractivity contribution in [3.63, 3.8) is 0 Å². The van der Waals surface area contributed by atoms with Crippen LogP contribution in [0.25, 0.3) is 0 Å². The zero-order valence-electron chi connectivity index (χ0n) is 17.5. The van der Waals surface area contributed by atoms with E-state index in [1.165, 1.54) is 0 Å². The zero-order chi connectivity index (χ0) is 21.6. The molecular formula is C22H26N6O3. The van der Waals surface area contributed by atoms with E-state index in [1.54, 1.807) is 35.0 Å². The van der Waals surface area contributed by atoms with Gasteiger partial charge in [-0.2, -0.15) is 10.4 Å². The number of hydrogen-bond acceptors (Lipinski definition) is 7. The molecule has 1 amide bonds. The van der Waals surface area contributed by atoms with Crippen LogP contribution >= 0.6 is 0 Å². The Morgan fingerprint density at radius 1 is 1.26 bits per heavy atom. The van der Waals surface area contributed by atoms with Gasteiger partial charge in [-0.25, -0.2) is 4.98 Å². The van der Waals surface area contributed by atoms with Crippen molar-refractivity contribution >= 4 is 23.2 Å². The van der Waals surface area contributed by atoms with Crippen LogP contribution in [-0.4, -0.2) is 45.5 Å². The summed E-state index contributed by atoms with van der Waals surface area (Å²) in [5.74, 6) is 1.21. The first kappa shape index (κ1) is 20.0. The molecule has 162 valence electrons. The van der Waals surface area contributed by atoms with Crippen LogP contribution in [0.15, 0.2) is 24.4 Å². The Hall–Kier alpha value is -2.96. The molecule has 31 heavy (non-hydrogen) atoms. The molecular weight excluding hydrogens is 396 g/mol. The number of hydrogen-bond donors (Lipinski definition) is 2. The molecule has 5 rings (SSSR count). The second-order valence-electron chi connectivity index (χ2n) is 8.77. The molecule has 0 unspecified atom stereocenters. The normalized spacial score (nSPS) is 25.5. The van der Waals surface area contributed by atoms with Gasteiger partial charge in [-0.15, -0.1) is 0 Å². The molecule has 1 aliphatic carbocycles. The predicted octanol–water partition coefficient (Wildman–Crippen LogP) is 2.21. The van der Waals surface area contributed by atoms with Crippen molar-refractivity contribution in [2.75, 3.05) is 30.0 Å². The fourth-order valence-electron chi connectivity index (χ4n) is 4.85. The first-order valence-electron chi connectivity index (χ1n) is 10.8. The van der Waals surface area contributed by atoms with E-state index in [0.717, 1.165) is 24.2 Å². The van der Waals surface area contributed by atoms with E-state index < -0.39 is 11.0 Å². The lowest BCUT2D eigenvalue weighted by Gasteiger charge is -2.31. The van der Waals surface area contributed by atoms with Gasteiger partial charge in [0.25, 0.3) is 0 Å². The maximum atomic E-state index is 13.1. The predicted molar refractivity (Wildman–Crippen MR) is 112 cm³/mol. The highest BCUT2D eigenvalue weighted by Gasteiger charge is 2.56. The molecule has 2 aromatic heterocycles. The van der Waals surface area contributed by atoms with E-state index in [0.29, 0.717) is 50.7 Å². The van der Waals surface area contributed by atoms with Gasteiger partial charge in [-0.3, -0.25) is 9.48 Å². The summed E-state index contributed by atoms with van der Waals surface area (Å²) >= 11 is 0. The average molecular weight is 422 g/mol. The number of carbonyl (C=O) groups is 1. The Morgan fingerprint density at radius 3 is 2.74 bits per heavy atom. The molecule has 0 spiro atoms. The van der Waals surface area contributed by atoms with E-state index in [4.69, 9.17) is 4.74 Å². The van der Waals surface area contributed by atoms with Crippen LogP contribution in [0.5, 0.6) is 0 Å². The second-order valence-corrected chi connectivity index (χ2v) is 8.77. The molecule has 9 nitrogen and oxygen atoms in total. The van der Waals surface area contributed by atoms with E-state index in [1.807, 2.05) is 6.07 Å². The number of nitriles is 1. The number of aryl methyl sites for hydroxylation is 1. The van der Waals surface area contributed by atoms with Gasteiger partial charge in [0, 0.05) is 63.7 Å². The third-order valence-electron chi connectivity index (χ3n) is 6.82. The first-order valence-corrected chi connectivity index (χ1v) is 10.8. The highest BCUT2D eigenvalue weighted by molar-refractivity contribution is 6.02. The van der Waals surface area contributed by atoms with Crippen molar-refractivity contribution in [3.05, 3.63) is 30.1 Å². The summed E-state index contributed by atoms with van der Waals surface area (Å²) in [6.45, 7) is 1.57. The molecule has 0 radical (unpaired) electrons. The van der Waals surface area contributed by atoms with E-state index in [9.17, 15) is 15.2 Å². The topological polar surface area (TPSA) is 116 Å². The van der Waals surface area contributed by atoms with Crippen LogP contribution in [0.3, 0.4) is 0 Å². The van der Waals surface area contributed by atoms with Gasteiger partial charge in [0.2, 0.25) is 5.91 Å². The van der Waals surface area contributed by atoms with Crippen molar-refractivity contribution in [2.24, 2.45) is 18.4 Å². The summed E-state index contributed by atoms with van der Waals surface area (Å²) < 4.78 is 7.05. The largest absolute Gasteiger partial charge is 0.383 e. The smallest absolute Gasteiger partial charge is 0.247 e. The fourth-order valence-corrected chi connectivity index (χ4v) is 4.85. The van der Waals surface area contributed by atoms with Crippen LogP contribution in [0.1, 0.15) is 37.8 Å². The molecule has 4 heterocycles. The number of rotatable bonds is 5. The number of pyridine rings is 1. The lowest BCUT2D eigenvalue weighted by molar-refractivity contribution is -0.123. The number of aromatic nitrogens is 3. The monoisotopic (exact) mass is 422 g/mol. The Bertz CT molecular complexity index is 1050. The van der Waals surface area contributed by atoms with Gasteiger partial charge >= 0.3 is 0 Å². The standard InChI is InChI=1S/C22H26N6O3/c1-27-17(22(30)6-10-31-11-7-22)13-19(26-27)25-18-12-16(4-8-24-18)28-9-5-21(14-23,20(28)29)15-2-3-15/h4,8,12-13,15,30H,2-3,5-7,9-11H2,1H3,(H,24,25,26)/t21-/m1/s1. The number of carbonyl (C=O) groups excluding carboxylic acids is 1. The minimum atomic E-state index is -0.958. The van der Waals surface area contributed by atoms with Crippen molar-refractivity contribution < 1.29 is 14.6 Å². The molecule has 2 aliphatic heterocycles. The summed E-state index contributed by atoms with van der Waals surface area (Å²) in [5, 5.41) is 28.4. The van der Waals surface area contributed by atoms with Crippen molar-refractivity contribution in [1.82, 2.24) is 14.8 Å². The molecule has 1 atom stereocenters. The minimum Gasteiger partial charge on any atom is -0.383 e. The highest BCUT2D eigenvalue weighted by atomic mass is 16.5. The Balaban J connectivity index is 1.36. The molecule has 1 saturated carbocycles. The number of ether oxygens (including phenoxy) is 1. The van der Waals surface area contributed by atoms with Crippen molar-refractivity contribution in [2.45, 2.75) is 37.7 Å². The van der Waals surface area contributed by atoms with Crippen LogP contribution in [0.4, 0.5) is 17.3 Å². The summed E-state index contributed by atoms with van der Waals surface area (Å²) in [5.41, 5.74) is -0.376. The van der Waals surface area contributed by atoms with Gasteiger partial charge < -0.3 is 20.1 Å². The van der Waals surface area contributed by atoms with Gasteiger partial charge in [0.05, 0.1) is 11.8 Å². The molecule has 2 aromatic rings. The Labute approximate surface area is 180 Å². The first-order chi connectivity index (χ1) is 14.9. The maximum Gasteiger partial charge on any atom is 0.247 e. The lowest BCUT2D eigenvalue weighted by Crippen LogP contribution is -2.35. The Morgan fingerprint density at radius 2 is 2.03 bits per heavy atom. The third-order valence-corrected chi connectivity index (χ3v) is 6.82. The lowest BCUT2D eigenvalue weighted by atomic mass is 9.83. The summed E-state index contributed by atoms with van der Waals surface area (Å²) in [7, 11) is 1.81. The van der Waals surface area contributed by atoms with E-state index >= 15 is 0 Å². The van der Waals surface area contributed by atoms with Gasteiger partial charge in [0.15, 0.2) is 5.82 Å². The molecule has 3 fully saturated rings.